The van der Waals surface area contributed by atoms with Crippen molar-refractivity contribution < 1.29 is 48.7 Å². The van der Waals surface area contributed by atoms with Gasteiger partial charge >= 0.3 is 5.97 Å². The third kappa shape index (κ3) is 9.99. The van der Waals surface area contributed by atoms with Crippen LogP contribution in [-0.4, -0.2) is 125 Å². The van der Waals surface area contributed by atoms with Crippen LogP contribution in [-0.2, 0) is 33.4 Å². The van der Waals surface area contributed by atoms with Crippen molar-refractivity contribution in [3.8, 4) is 0 Å². The number of aliphatic hydroxyl groups excluding tert-OH is 2. The second kappa shape index (κ2) is 18.8. The van der Waals surface area contributed by atoms with Gasteiger partial charge in [-0.2, -0.15) is 0 Å². The Labute approximate surface area is 326 Å². The average Bonchev–Trinajstić information content (AvgIpc) is 3.16. The Kier molecular flexibility index (Phi) is 15.2. The number of esters is 1. The number of carbonyl (C=O) groups excluding carboxylic acids is 2. The fourth-order valence-corrected chi connectivity index (χ4v) is 8.22. The summed E-state index contributed by atoms with van der Waals surface area (Å²) in [7, 11) is 5.27. The summed E-state index contributed by atoms with van der Waals surface area (Å²) in [5.74, 6) is -4.77. The van der Waals surface area contributed by atoms with Crippen molar-refractivity contribution in [2.24, 2.45) is 28.8 Å². The lowest BCUT2D eigenvalue weighted by Gasteiger charge is -2.47. The molecule has 2 aromatic rings. The van der Waals surface area contributed by atoms with E-state index in [0.29, 0.717) is 12.1 Å². The van der Waals surface area contributed by atoms with Crippen molar-refractivity contribution >= 4 is 34.3 Å². The molecule has 3 N–H and O–H groups in total. The number of benzene rings is 1. The number of cyclic esters (lactones) is 1. The highest BCUT2D eigenvalue weighted by molar-refractivity contribution is 6.00. The van der Waals surface area contributed by atoms with Gasteiger partial charge < -0.3 is 44.0 Å². The molecule has 0 bridgehead atoms. The molecule has 4 rings (SSSR count). The van der Waals surface area contributed by atoms with Gasteiger partial charge in [0.25, 0.3) is 0 Å². The first-order valence-electron chi connectivity index (χ1n) is 19.4. The summed E-state index contributed by atoms with van der Waals surface area (Å²) in [6.45, 7) is 13.7. The third-order valence-electron chi connectivity index (χ3n) is 11.7. The van der Waals surface area contributed by atoms with Crippen LogP contribution in [0.2, 0.25) is 0 Å². The van der Waals surface area contributed by atoms with Gasteiger partial charge in [0.2, 0.25) is 0 Å². The Balaban J connectivity index is 1.75. The number of rotatable bonds is 9. The van der Waals surface area contributed by atoms with Gasteiger partial charge in [0.05, 0.1) is 29.6 Å². The van der Waals surface area contributed by atoms with E-state index in [9.17, 15) is 24.9 Å². The SMILES string of the molecule is CC[C@H]1OC(=O)[C@H](C)C(=O)[C@H](C)C(O[C@H]2O[C@H](C)C[C@H](N(C)C)[C@H]2O)[C@](C)(OC)C[C@@H](C)/C(=N\OC/C=C/c2cncc3ccccc23)[C@H](C)[C@@H](O)[C@]1(C)O. The van der Waals surface area contributed by atoms with E-state index in [1.165, 1.54) is 21.0 Å². The first kappa shape index (κ1) is 44.4. The highest BCUT2D eigenvalue weighted by atomic mass is 16.7. The van der Waals surface area contributed by atoms with Gasteiger partial charge in [-0.3, -0.25) is 14.6 Å². The van der Waals surface area contributed by atoms with Crippen molar-refractivity contribution in [2.75, 3.05) is 27.8 Å². The second-order valence-corrected chi connectivity index (χ2v) is 16.1. The van der Waals surface area contributed by atoms with E-state index >= 15 is 0 Å². The predicted octanol–water partition coefficient (Wildman–Crippen LogP) is 4.79. The number of hydrogen-bond acceptors (Lipinski definition) is 13. The van der Waals surface area contributed by atoms with Gasteiger partial charge in [-0.1, -0.05) is 63.2 Å². The van der Waals surface area contributed by atoms with Gasteiger partial charge in [0, 0.05) is 54.2 Å². The van der Waals surface area contributed by atoms with Crippen molar-refractivity contribution in [2.45, 2.75) is 129 Å². The molecule has 1 aromatic carbocycles. The molecule has 0 aliphatic carbocycles. The maximum Gasteiger partial charge on any atom is 0.316 e. The number of ketones is 1. The molecule has 13 nitrogen and oxygen atoms in total. The lowest BCUT2D eigenvalue weighted by molar-refractivity contribution is -0.295. The van der Waals surface area contributed by atoms with Crippen LogP contribution in [0.15, 0.2) is 47.9 Å². The Bertz CT molecular complexity index is 1660. The Morgan fingerprint density at radius 1 is 1.05 bits per heavy atom. The van der Waals surface area contributed by atoms with Crippen molar-refractivity contribution in [1.29, 1.82) is 0 Å². The molecule has 13 heteroatoms. The van der Waals surface area contributed by atoms with Gasteiger partial charge in [-0.25, -0.2) is 0 Å². The molecule has 2 saturated heterocycles. The monoisotopic (exact) mass is 769 g/mol. The van der Waals surface area contributed by atoms with E-state index in [2.05, 4.69) is 10.1 Å². The number of pyridine rings is 1. The Morgan fingerprint density at radius 3 is 2.40 bits per heavy atom. The maximum absolute atomic E-state index is 14.2. The minimum atomic E-state index is -1.92. The highest BCUT2D eigenvalue weighted by Crippen LogP contribution is 2.38. The summed E-state index contributed by atoms with van der Waals surface area (Å²) in [6.07, 6.45) is 2.21. The number of oxime groups is 1. The summed E-state index contributed by atoms with van der Waals surface area (Å²) in [6, 6.07) is 7.66. The number of nitrogens with zero attached hydrogens (tertiary/aromatic N) is 3. The number of likely N-dealkylation sites (N-methyl/N-ethyl adjacent to an activating group) is 1. The molecule has 1 unspecified atom stereocenters. The van der Waals surface area contributed by atoms with Crippen LogP contribution >= 0.6 is 0 Å². The lowest BCUT2D eigenvalue weighted by Crippen LogP contribution is -2.60. The molecular formula is C42H63N3O10. The Morgan fingerprint density at radius 2 is 1.75 bits per heavy atom. The molecule has 3 heterocycles. The summed E-state index contributed by atoms with van der Waals surface area (Å²) in [4.78, 5) is 39.9. The van der Waals surface area contributed by atoms with Crippen molar-refractivity contribution in [1.82, 2.24) is 9.88 Å². The zero-order valence-electron chi connectivity index (χ0n) is 34.3. The van der Waals surface area contributed by atoms with Crippen molar-refractivity contribution in [3.05, 3.63) is 48.3 Å². The van der Waals surface area contributed by atoms with Crippen LogP contribution in [0.3, 0.4) is 0 Å². The quantitative estimate of drug-likeness (QED) is 0.138. The number of aliphatic hydroxyl groups is 3. The first-order chi connectivity index (χ1) is 25.9. The van der Waals surface area contributed by atoms with Crippen LogP contribution in [0.4, 0.5) is 0 Å². The maximum atomic E-state index is 14.2. The van der Waals surface area contributed by atoms with Crippen LogP contribution in [0.25, 0.3) is 16.8 Å². The van der Waals surface area contributed by atoms with Gasteiger partial charge in [0.15, 0.2) is 12.1 Å². The number of aromatic nitrogens is 1. The van der Waals surface area contributed by atoms with Crippen LogP contribution in [0, 0.1) is 23.7 Å². The third-order valence-corrected chi connectivity index (χ3v) is 11.7. The molecule has 0 amide bonds. The molecule has 13 atom stereocenters. The Hall–Kier alpha value is -3.30. The molecule has 0 radical (unpaired) electrons. The number of fused-ring (bicyclic) bond motifs is 1. The number of hydrogen-bond donors (Lipinski definition) is 3. The minimum Gasteiger partial charge on any atom is -0.459 e. The zero-order valence-corrected chi connectivity index (χ0v) is 34.3. The standard InChI is InChI=1S/C42H63N3O10/c1-12-33-42(8,50)37(48)26(4)34(44-52-19-15-17-30-23-43-22-29-16-13-14-18-31(29)30)24(2)21-41(7,51-11)38(27(5)35(46)28(6)39(49)54-33)55-40-36(47)32(45(9)10)20-25(3)53-40/h13-18,22-28,32-33,36-38,40,47-48,50H,12,19-21H2,1-11H3/b17-15+,44-34+/t24-,25-,26+,27+,28-,32+,33-,36-,37-,38?,40-,41-,42-/m1/s1. The normalized spacial score (nSPS) is 38.0. The number of Topliss-reactive ketones (excluding diaryl/α,β-unsaturated/α-hetero) is 1. The largest absolute Gasteiger partial charge is 0.459 e. The van der Waals surface area contributed by atoms with E-state index in [4.69, 9.17) is 23.8 Å². The summed E-state index contributed by atoms with van der Waals surface area (Å²) in [5, 5.41) is 41.7. The fourth-order valence-electron chi connectivity index (χ4n) is 8.22. The van der Waals surface area contributed by atoms with Crippen LogP contribution in [0.1, 0.15) is 80.2 Å². The predicted molar refractivity (Wildman–Crippen MR) is 210 cm³/mol. The molecule has 2 aliphatic heterocycles. The molecule has 55 heavy (non-hydrogen) atoms. The molecule has 2 fully saturated rings. The van der Waals surface area contributed by atoms with Gasteiger partial charge in [-0.15, -0.1) is 0 Å². The summed E-state index contributed by atoms with van der Waals surface area (Å²) in [5.41, 5.74) is -1.83. The van der Waals surface area contributed by atoms with Crippen LogP contribution < -0.4 is 0 Å². The molecular weight excluding hydrogens is 706 g/mol. The van der Waals surface area contributed by atoms with Crippen molar-refractivity contribution in [3.63, 3.8) is 0 Å². The van der Waals surface area contributed by atoms with Gasteiger partial charge in [0.1, 0.15) is 30.3 Å². The second-order valence-electron chi connectivity index (χ2n) is 16.1. The van der Waals surface area contributed by atoms with E-state index in [0.717, 1.165) is 16.3 Å². The fraction of sp³-hybridized carbons (Fsp3) is 0.667. The zero-order chi connectivity index (χ0) is 40.8. The average molecular weight is 770 g/mol. The molecule has 0 saturated carbocycles. The molecule has 2 aliphatic rings. The topological polar surface area (TPSA) is 169 Å². The lowest BCUT2D eigenvalue weighted by atomic mass is 9.74. The van der Waals surface area contributed by atoms with E-state index in [1.54, 1.807) is 33.9 Å². The highest BCUT2D eigenvalue weighted by Gasteiger charge is 2.51. The molecule has 0 spiro atoms. The summed E-state index contributed by atoms with van der Waals surface area (Å²) < 4.78 is 24.8. The van der Waals surface area contributed by atoms with Crippen LogP contribution in [0.5, 0.6) is 0 Å². The minimum absolute atomic E-state index is 0.0900. The van der Waals surface area contributed by atoms with E-state index in [-0.39, 0.29) is 31.6 Å². The van der Waals surface area contributed by atoms with E-state index in [1.807, 2.05) is 75.5 Å². The number of carbonyl (C=O) groups is 2. The van der Waals surface area contributed by atoms with Gasteiger partial charge in [-0.05, 0) is 72.5 Å². The first-order valence-corrected chi connectivity index (χ1v) is 19.4. The number of methoxy groups -OCH3 is 1. The summed E-state index contributed by atoms with van der Waals surface area (Å²) >= 11 is 0. The molecule has 1 aromatic heterocycles. The number of ether oxygens (including phenoxy) is 4. The van der Waals surface area contributed by atoms with E-state index < -0.39 is 77.3 Å². The molecule has 306 valence electrons. The smallest absolute Gasteiger partial charge is 0.316 e.